The quantitative estimate of drug-likeness (QED) is 0.256. The number of amides is 1. The van der Waals surface area contributed by atoms with Gasteiger partial charge < -0.3 is 30.7 Å². The van der Waals surface area contributed by atoms with Crippen LogP contribution in [0.2, 0.25) is 0 Å². The molecule has 2 aliphatic rings. The number of hydrogen-bond acceptors (Lipinski definition) is 6. The van der Waals surface area contributed by atoms with E-state index in [2.05, 4.69) is 22.9 Å². The number of carbonyl (C=O) groups excluding carboxylic acids is 1. The van der Waals surface area contributed by atoms with E-state index in [4.69, 9.17) is 4.74 Å². The Hall–Kier alpha value is -1.54. The third kappa shape index (κ3) is 8.48. The highest BCUT2D eigenvalue weighted by molar-refractivity contribution is 5.86. The van der Waals surface area contributed by atoms with Gasteiger partial charge in [0.25, 0.3) is 5.91 Å². The molecule has 0 aromatic heterocycles. The van der Waals surface area contributed by atoms with Gasteiger partial charge in [-0.1, -0.05) is 6.92 Å². The van der Waals surface area contributed by atoms with E-state index in [0.29, 0.717) is 18.1 Å². The Balaban J connectivity index is 0.00000507. The van der Waals surface area contributed by atoms with Crippen molar-refractivity contribution < 1.29 is 14.6 Å². The third-order valence-electron chi connectivity index (χ3n) is 8.40. The van der Waals surface area contributed by atoms with Gasteiger partial charge in [-0.25, -0.2) is 0 Å². The van der Waals surface area contributed by atoms with Crippen LogP contribution in [0, 0.1) is 26.7 Å². The van der Waals surface area contributed by atoms with E-state index in [1.807, 2.05) is 32.6 Å². The van der Waals surface area contributed by atoms with Crippen molar-refractivity contribution in [3.05, 3.63) is 22.3 Å². The summed E-state index contributed by atoms with van der Waals surface area (Å²) in [5.41, 5.74) is 2.88. The second kappa shape index (κ2) is 15.9. The molecule has 2 heterocycles. The summed E-state index contributed by atoms with van der Waals surface area (Å²) in [6, 6.07) is 0. The first kappa shape index (κ1) is 32.7. The van der Waals surface area contributed by atoms with Gasteiger partial charge in [0.05, 0.1) is 0 Å². The minimum absolute atomic E-state index is 0. The number of hydrogen-bond donors (Lipinski definition) is 4. The molecule has 1 aromatic rings. The van der Waals surface area contributed by atoms with Crippen LogP contribution in [0.25, 0.3) is 0 Å². The van der Waals surface area contributed by atoms with Gasteiger partial charge in [-0.2, -0.15) is 0 Å². The number of benzene rings is 1. The number of nitrogens with zero attached hydrogens (tertiary/aromatic N) is 1. The number of halogens is 1. The van der Waals surface area contributed by atoms with Crippen LogP contribution in [0.1, 0.15) is 81.0 Å². The summed E-state index contributed by atoms with van der Waals surface area (Å²) < 4.78 is 6.43. The molecule has 7 nitrogen and oxygen atoms in total. The fraction of sp³-hybridized carbons (Fsp3) is 0.767. The maximum atomic E-state index is 13.5. The van der Waals surface area contributed by atoms with Gasteiger partial charge in [-0.15, -0.1) is 12.4 Å². The van der Waals surface area contributed by atoms with Crippen molar-refractivity contribution >= 4 is 18.3 Å². The lowest BCUT2D eigenvalue weighted by molar-refractivity contribution is -0.149. The van der Waals surface area contributed by atoms with E-state index in [9.17, 15) is 9.90 Å². The summed E-state index contributed by atoms with van der Waals surface area (Å²) in [6.07, 6.45) is 8.30. The maximum absolute atomic E-state index is 13.5. The predicted octanol–water partition coefficient (Wildman–Crippen LogP) is 4.41. The Morgan fingerprint density at radius 1 is 0.947 bits per heavy atom. The zero-order chi connectivity index (χ0) is 26.8. The molecule has 1 unspecified atom stereocenters. The van der Waals surface area contributed by atoms with Crippen molar-refractivity contribution in [2.24, 2.45) is 5.92 Å². The largest absolute Gasteiger partial charge is 0.507 e. The Labute approximate surface area is 237 Å². The molecule has 1 atom stereocenters. The Kier molecular flexibility index (Phi) is 13.7. The number of likely N-dealkylation sites (tertiary alicyclic amines) is 1. The van der Waals surface area contributed by atoms with Crippen LogP contribution in [-0.4, -0.2) is 73.9 Å². The third-order valence-corrected chi connectivity index (χ3v) is 8.40. The van der Waals surface area contributed by atoms with E-state index >= 15 is 0 Å². The van der Waals surface area contributed by atoms with Crippen LogP contribution in [0.4, 0.5) is 0 Å². The van der Waals surface area contributed by atoms with Crippen LogP contribution in [0.5, 0.6) is 11.5 Å². The molecule has 0 spiro atoms. The van der Waals surface area contributed by atoms with Crippen LogP contribution < -0.4 is 20.7 Å². The standard InChI is InChI=1S/C30H52N4O3.ClH/c1-6-14-31-17-9-18-32-15-7-8-16-33-21-25-11-19-34(20-12-25)29(36)30(5)13-10-26-24(4)27(35)22(2)23(3)28(26)37-30;/h25,31-33,35H,6-21H2,1-5H3;1H. The van der Waals surface area contributed by atoms with Gasteiger partial charge in [0.1, 0.15) is 11.5 Å². The van der Waals surface area contributed by atoms with Gasteiger partial charge in [-0.05, 0) is 135 Å². The van der Waals surface area contributed by atoms with Crippen LogP contribution in [0.3, 0.4) is 0 Å². The maximum Gasteiger partial charge on any atom is 0.266 e. The molecule has 2 aliphatic heterocycles. The molecule has 0 aliphatic carbocycles. The number of carbonyl (C=O) groups is 1. The first-order chi connectivity index (χ1) is 17.8. The summed E-state index contributed by atoms with van der Waals surface area (Å²) in [7, 11) is 0. The topological polar surface area (TPSA) is 85.9 Å². The minimum Gasteiger partial charge on any atom is -0.507 e. The second-order valence-electron chi connectivity index (χ2n) is 11.4. The minimum atomic E-state index is -0.835. The fourth-order valence-corrected chi connectivity index (χ4v) is 5.64. The number of rotatable bonds is 14. The first-order valence-corrected chi connectivity index (χ1v) is 14.7. The summed E-state index contributed by atoms with van der Waals surface area (Å²) in [6.45, 7) is 18.1. The van der Waals surface area contributed by atoms with Gasteiger partial charge in [0, 0.05) is 25.1 Å². The summed E-state index contributed by atoms with van der Waals surface area (Å²) in [4.78, 5) is 15.6. The van der Waals surface area contributed by atoms with E-state index in [1.54, 1.807) is 0 Å². The average Bonchev–Trinajstić information content (AvgIpc) is 2.91. The number of aromatic hydroxyl groups is 1. The molecular weight excluding hydrogens is 500 g/mol. The molecule has 8 heteroatoms. The molecule has 1 amide bonds. The number of phenolic OH excluding ortho intramolecular Hbond substituents is 1. The lowest BCUT2D eigenvalue weighted by Crippen LogP contribution is -2.54. The Bertz CT molecular complexity index is 889. The Morgan fingerprint density at radius 3 is 2.21 bits per heavy atom. The Morgan fingerprint density at radius 2 is 1.55 bits per heavy atom. The number of nitrogens with one attached hydrogen (secondary N) is 3. The normalized spacial score (nSPS) is 19.6. The number of unbranched alkanes of at least 4 members (excludes halogenated alkanes) is 1. The summed E-state index contributed by atoms with van der Waals surface area (Å²) in [5.74, 6) is 1.90. The smallest absolute Gasteiger partial charge is 0.266 e. The van der Waals surface area contributed by atoms with E-state index in [1.165, 1.54) is 25.7 Å². The van der Waals surface area contributed by atoms with E-state index in [-0.39, 0.29) is 18.3 Å². The molecule has 0 bridgehead atoms. The fourth-order valence-electron chi connectivity index (χ4n) is 5.64. The first-order valence-electron chi connectivity index (χ1n) is 14.7. The highest BCUT2D eigenvalue weighted by Gasteiger charge is 2.43. The molecule has 4 N–H and O–H groups in total. The number of piperidine rings is 1. The number of ether oxygens (including phenoxy) is 1. The highest BCUT2D eigenvalue weighted by Crippen LogP contribution is 2.43. The summed E-state index contributed by atoms with van der Waals surface area (Å²) in [5, 5.41) is 21.1. The molecule has 3 rings (SSSR count). The van der Waals surface area contributed by atoms with E-state index < -0.39 is 5.60 Å². The second-order valence-corrected chi connectivity index (χ2v) is 11.4. The molecular formula is C30H53ClN4O3. The number of fused-ring (bicyclic) bond motifs is 1. The van der Waals surface area contributed by atoms with Crippen molar-refractivity contribution in [3.63, 3.8) is 0 Å². The van der Waals surface area contributed by atoms with Crippen LogP contribution >= 0.6 is 12.4 Å². The average molecular weight is 553 g/mol. The highest BCUT2D eigenvalue weighted by atomic mass is 35.5. The molecule has 0 saturated carbocycles. The molecule has 1 saturated heterocycles. The van der Waals surface area contributed by atoms with Crippen LogP contribution in [-0.2, 0) is 11.2 Å². The van der Waals surface area contributed by atoms with Crippen molar-refractivity contribution in [2.45, 2.75) is 91.6 Å². The molecule has 1 aromatic carbocycles. The zero-order valence-electron chi connectivity index (χ0n) is 24.5. The van der Waals surface area contributed by atoms with Crippen LogP contribution in [0.15, 0.2) is 0 Å². The van der Waals surface area contributed by atoms with Crippen molar-refractivity contribution in [2.75, 3.05) is 52.4 Å². The monoisotopic (exact) mass is 552 g/mol. The van der Waals surface area contributed by atoms with Gasteiger partial charge in [0.2, 0.25) is 0 Å². The molecule has 38 heavy (non-hydrogen) atoms. The van der Waals surface area contributed by atoms with E-state index in [0.717, 1.165) is 99.6 Å². The van der Waals surface area contributed by atoms with Gasteiger partial charge >= 0.3 is 0 Å². The zero-order valence-corrected chi connectivity index (χ0v) is 25.3. The molecule has 0 radical (unpaired) electrons. The van der Waals surface area contributed by atoms with Crippen molar-refractivity contribution in [1.29, 1.82) is 0 Å². The predicted molar refractivity (Wildman–Crippen MR) is 159 cm³/mol. The molecule has 218 valence electrons. The lowest BCUT2D eigenvalue weighted by atomic mass is 9.86. The van der Waals surface area contributed by atoms with Gasteiger partial charge in [-0.3, -0.25) is 4.79 Å². The van der Waals surface area contributed by atoms with Crippen molar-refractivity contribution in [3.8, 4) is 11.5 Å². The molecule has 1 fully saturated rings. The van der Waals surface area contributed by atoms with Crippen molar-refractivity contribution in [1.82, 2.24) is 20.9 Å². The summed E-state index contributed by atoms with van der Waals surface area (Å²) >= 11 is 0. The lowest BCUT2D eigenvalue weighted by Gasteiger charge is -2.41. The number of phenols is 1. The SMILES string of the molecule is CCCNCCCNCCCCNCC1CCN(C(=O)C2(C)CCc3c(C)c(O)c(C)c(C)c3O2)CC1.Cl. The van der Waals surface area contributed by atoms with Gasteiger partial charge in [0.15, 0.2) is 5.60 Å².